The fourth-order valence-corrected chi connectivity index (χ4v) is 6.12. The van der Waals surface area contributed by atoms with Crippen molar-refractivity contribution in [3.05, 3.63) is 23.8 Å². The smallest absolute Gasteiger partial charge is 0.303 e. The number of epoxide rings is 1. The van der Waals surface area contributed by atoms with Crippen molar-refractivity contribution in [1.29, 1.82) is 0 Å². The van der Waals surface area contributed by atoms with Crippen LogP contribution in [0.2, 0.25) is 18.1 Å². The molecule has 1 aliphatic heterocycles. The van der Waals surface area contributed by atoms with E-state index in [1.807, 2.05) is 12.2 Å². The molecule has 1 heterocycles. The first-order valence-corrected chi connectivity index (χ1v) is 11.5. The van der Waals surface area contributed by atoms with Crippen LogP contribution in [0.1, 0.15) is 34.6 Å². The molecule has 0 aromatic rings. The number of hydrogen-bond donors (Lipinski definition) is 1. The van der Waals surface area contributed by atoms with Gasteiger partial charge in [0, 0.05) is 6.92 Å². The van der Waals surface area contributed by atoms with E-state index in [-0.39, 0.29) is 30.4 Å². The zero-order chi connectivity index (χ0) is 17.9. The summed E-state index contributed by atoms with van der Waals surface area (Å²) < 4.78 is 17.8. The SMILES string of the molecule is CC[Si](CC)(CC)OC1C(/C=C/C(C)O)=C[C@@H](OC(C)=O)[C@@H]2O[C@H]12. The van der Waals surface area contributed by atoms with Crippen molar-refractivity contribution in [1.82, 2.24) is 0 Å². The molecular formula is C18H30O5Si. The Kier molecular flexibility index (Phi) is 6.42. The molecule has 0 aromatic heterocycles. The molecule has 1 fully saturated rings. The highest BCUT2D eigenvalue weighted by molar-refractivity contribution is 6.73. The number of aliphatic hydroxyl groups is 1. The van der Waals surface area contributed by atoms with Gasteiger partial charge in [-0.25, -0.2) is 0 Å². The minimum atomic E-state index is -1.80. The highest BCUT2D eigenvalue weighted by atomic mass is 28.4. The number of hydrogen-bond acceptors (Lipinski definition) is 5. The largest absolute Gasteiger partial charge is 0.455 e. The fraction of sp³-hybridized carbons (Fsp3) is 0.722. The molecule has 0 radical (unpaired) electrons. The summed E-state index contributed by atoms with van der Waals surface area (Å²) in [6.45, 7) is 9.71. The van der Waals surface area contributed by atoms with Crippen LogP contribution >= 0.6 is 0 Å². The van der Waals surface area contributed by atoms with E-state index in [1.165, 1.54) is 6.92 Å². The monoisotopic (exact) mass is 354 g/mol. The normalized spacial score (nSPS) is 30.7. The summed E-state index contributed by atoms with van der Waals surface area (Å²) in [6, 6.07) is 3.19. The van der Waals surface area contributed by atoms with E-state index in [0.29, 0.717) is 0 Å². The van der Waals surface area contributed by atoms with Crippen LogP contribution in [0.3, 0.4) is 0 Å². The molecule has 0 saturated carbocycles. The average molecular weight is 355 g/mol. The molecule has 2 aliphatic rings. The van der Waals surface area contributed by atoms with Crippen molar-refractivity contribution >= 4 is 14.3 Å². The summed E-state index contributed by atoms with van der Waals surface area (Å²) >= 11 is 0. The zero-order valence-corrected chi connectivity index (χ0v) is 16.3. The predicted octanol–water partition coefficient (Wildman–Crippen LogP) is 2.95. The molecule has 6 heteroatoms. The highest BCUT2D eigenvalue weighted by Crippen LogP contribution is 2.42. The van der Waals surface area contributed by atoms with Gasteiger partial charge in [0.2, 0.25) is 0 Å². The lowest BCUT2D eigenvalue weighted by Gasteiger charge is -2.35. The second-order valence-electron chi connectivity index (χ2n) is 6.69. The van der Waals surface area contributed by atoms with Crippen molar-refractivity contribution in [3.63, 3.8) is 0 Å². The second kappa shape index (κ2) is 7.95. The number of ether oxygens (including phenoxy) is 2. The van der Waals surface area contributed by atoms with Crippen LogP contribution in [0.25, 0.3) is 0 Å². The lowest BCUT2D eigenvalue weighted by atomic mass is 9.94. The summed E-state index contributed by atoms with van der Waals surface area (Å²) in [5, 5.41) is 9.57. The van der Waals surface area contributed by atoms with Crippen molar-refractivity contribution < 1.29 is 23.8 Å². The van der Waals surface area contributed by atoms with Crippen molar-refractivity contribution in [3.8, 4) is 0 Å². The summed E-state index contributed by atoms with van der Waals surface area (Å²) in [7, 11) is -1.80. The lowest BCUT2D eigenvalue weighted by molar-refractivity contribution is -0.145. The Hall–Kier alpha value is -0.953. The van der Waals surface area contributed by atoms with Gasteiger partial charge in [-0.15, -0.1) is 0 Å². The first-order valence-electron chi connectivity index (χ1n) is 8.94. The van der Waals surface area contributed by atoms with Gasteiger partial charge >= 0.3 is 5.97 Å². The predicted molar refractivity (Wildman–Crippen MR) is 95.2 cm³/mol. The van der Waals surface area contributed by atoms with Crippen LogP contribution in [-0.4, -0.2) is 49.9 Å². The fourth-order valence-electron chi connectivity index (χ4n) is 3.31. The minimum Gasteiger partial charge on any atom is -0.455 e. The van der Waals surface area contributed by atoms with E-state index in [9.17, 15) is 9.90 Å². The molecule has 136 valence electrons. The summed E-state index contributed by atoms with van der Waals surface area (Å²) in [6.07, 6.45) is 4.29. The highest BCUT2D eigenvalue weighted by Gasteiger charge is 2.56. The summed E-state index contributed by atoms with van der Waals surface area (Å²) in [5.74, 6) is -0.317. The second-order valence-corrected chi connectivity index (χ2v) is 11.4. The molecule has 1 saturated heterocycles. The topological polar surface area (TPSA) is 68.3 Å². The van der Waals surface area contributed by atoms with Crippen LogP contribution in [0.4, 0.5) is 0 Å². The molecule has 0 aromatic carbocycles. The van der Waals surface area contributed by atoms with E-state index < -0.39 is 14.4 Å². The zero-order valence-electron chi connectivity index (χ0n) is 15.3. The van der Waals surface area contributed by atoms with Crippen molar-refractivity contribution in [2.75, 3.05) is 0 Å². The Labute approximate surface area is 145 Å². The van der Waals surface area contributed by atoms with E-state index in [0.717, 1.165) is 23.7 Å². The van der Waals surface area contributed by atoms with Crippen molar-refractivity contribution in [2.45, 2.75) is 83.3 Å². The Morgan fingerprint density at radius 2 is 1.96 bits per heavy atom. The Bertz CT molecular complexity index is 501. The summed E-state index contributed by atoms with van der Waals surface area (Å²) in [4.78, 5) is 11.3. The molecule has 24 heavy (non-hydrogen) atoms. The van der Waals surface area contributed by atoms with Gasteiger partial charge in [0.15, 0.2) is 8.32 Å². The molecule has 2 unspecified atom stereocenters. The lowest BCUT2D eigenvalue weighted by Crippen LogP contribution is -2.45. The maximum atomic E-state index is 11.3. The van der Waals surface area contributed by atoms with Gasteiger partial charge < -0.3 is 19.0 Å². The van der Waals surface area contributed by atoms with Crippen LogP contribution in [0, 0.1) is 0 Å². The number of rotatable bonds is 8. The molecule has 0 bridgehead atoms. The maximum Gasteiger partial charge on any atom is 0.303 e. The first kappa shape index (κ1) is 19.4. The number of aliphatic hydroxyl groups excluding tert-OH is 1. The minimum absolute atomic E-state index is 0.0653. The van der Waals surface area contributed by atoms with Gasteiger partial charge in [0.25, 0.3) is 0 Å². The molecule has 0 spiro atoms. The third kappa shape index (κ3) is 4.36. The molecule has 5 nitrogen and oxygen atoms in total. The third-order valence-electron chi connectivity index (χ3n) is 5.05. The maximum absolute atomic E-state index is 11.3. The van der Waals surface area contributed by atoms with Crippen LogP contribution < -0.4 is 0 Å². The van der Waals surface area contributed by atoms with Crippen LogP contribution in [-0.2, 0) is 18.7 Å². The average Bonchev–Trinajstić information content (AvgIpc) is 3.33. The number of fused-ring (bicyclic) bond motifs is 1. The van der Waals surface area contributed by atoms with Gasteiger partial charge in [-0.2, -0.15) is 0 Å². The molecule has 1 aliphatic carbocycles. The van der Waals surface area contributed by atoms with Crippen LogP contribution in [0.15, 0.2) is 23.8 Å². The van der Waals surface area contributed by atoms with Gasteiger partial charge in [-0.3, -0.25) is 4.79 Å². The first-order chi connectivity index (χ1) is 11.4. The quantitative estimate of drug-likeness (QED) is 0.412. The summed E-state index contributed by atoms with van der Waals surface area (Å²) in [5.41, 5.74) is 0.938. The van der Waals surface area contributed by atoms with Gasteiger partial charge in [0.1, 0.15) is 18.3 Å². The van der Waals surface area contributed by atoms with E-state index in [4.69, 9.17) is 13.9 Å². The molecule has 1 N–H and O–H groups in total. The van der Waals surface area contributed by atoms with E-state index >= 15 is 0 Å². The van der Waals surface area contributed by atoms with Gasteiger partial charge in [0.05, 0.1) is 12.2 Å². The molecular weight excluding hydrogens is 324 g/mol. The molecule has 2 rings (SSSR count). The Morgan fingerprint density at radius 1 is 1.33 bits per heavy atom. The number of carbonyl (C=O) groups excluding carboxylic acids is 1. The molecule has 0 amide bonds. The van der Waals surface area contributed by atoms with Gasteiger partial charge in [-0.1, -0.05) is 32.9 Å². The third-order valence-corrected chi connectivity index (χ3v) is 9.67. The Morgan fingerprint density at radius 3 is 2.46 bits per heavy atom. The standard InChI is InChI=1S/C18H30O5Si/c1-6-24(7-2,8-3)23-16-14(10-9-12(4)19)11-15(21-13(5)20)17-18(16)22-17/h9-12,15-19H,6-8H2,1-5H3/b10-9+/t12?,15-,16?,17+,18-/m1/s1. The van der Waals surface area contributed by atoms with E-state index in [2.05, 4.69) is 20.8 Å². The number of carbonyl (C=O) groups is 1. The Balaban J connectivity index is 2.26. The van der Waals surface area contributed by atoms with E-state index in [1.54, 1.807) is 13.0 Å². The number of esters is 1. The van der Waals surface area contributed by atoms with Gasteiger partial charge in [-0.05, 0) is 36.7 Å². The van der Waals surface area contributed by atoms with Crippen molar-refractivity contribution in [2.24, 2.45) is 0 Å². The van der Waals surface area contributed by atoms with Crippen LogP contribution in [0.5, 0.6) is 0 Å². The molecule has 5 atom stereocenters.